The molecule has 0 spiro atoms. The Labute approximate surface area is 126 Å². The highest BCUT2D eigenvalue weighted by Gasteiger charge is 2.23. The van der Waals surface area contributed by atoms with Crippen LogP contribution in [-0.4, -0.2) is 12.8 Å². The lowest BCUT2D eigenvalue weighted by atomic mass is 9.92. The Morgan fingerprint density at radius 3 is 2.52 bits per heavy atom. The Hall–Kier alpha value is -2.23. The number of hydrogen-bond donors (Lipinski definition) is 2. The summed E-state index contributed by atoms with van der Waals surface area (Å²) in [5, 5.41) is 5.69. The van der Waals surface area contributed by atoms with E-state index in [1.54, 1.807) is 6.92 Å². The molecule has 114 valence electrons. The molecule has 0 radical (unpaired) electrons. The van der Waals surface area contributed by atoms with Gasteiger partial charge in [0.15, 0.2) is 6.73 Å². The molecule has 0 unspecified atom stereocenters. The van der Waals surface area contributed by atoms with Crippen molar-refractivity contribution in [2.75, 3.05) is 6.73 Å². The monoisotopic (exact) mass is 288 g/mol. The second kappa shape index (κ2) is 6.97. The predicted molar refractivity (Wildman–Crippen MR) is 86.6 cm³/mol. The van der Waals surface area contributed by atoms with Gasteiger partial charge in [0.2, 0.25) is 0 Å². The van der Waals surface area contributed by atoms with Gasteiger partial charge >= 0.3 is 6.09 Å². The van der Waals surface area contributed by atoms with Gasteiger partial charge in [0, 0.05) is 5.70 Å². The molecular formula is C17H24N2O2. The number of carbonyl (C=O) groups is 1. The molecule has 0 aliphatic heterocycles. The topological polar surface area (TPSA) is 50.4 Å². The largest absolute Gasteiger partial charge is 0.428 e. The minimum absolute atomic E-state index is 0.100. The van der Waals surface area contributed by atoms with Gasteiger partial charge in [0.25, 0.3) is 0 Å². The average molecular weight is 288 g/mol. The van der Waals surface area contributed by atoms with E-state index in [0.717, 1.165) is 22.4 Å². The Bertz CT molecular complexity index is 547. The maximum Gasteiger partial charge on any atom is 0.409 e. The zero-order valence-corrected chi connectivity index (χ0v) is 13.2. The first-order valence-corrected chi connectivity index (χ1v) is 6.83. The molecule has 0 atom stereocenters. The minimum Gasteiger partial charge on any atom is -0.428 e. The van der Waals surface area contributed by atoms with Crippen molar-refractivity contribution >= 4 is 11.7 Å². The summed E-state index contributed by atoms with van der Waals surface area (Å²) in [4.78, 5) is 11.8. The molecule has 4 nitrogen and oxygen atoms in total. The van der Waals surface area contributed by atoms with Crippen LogP contribution >= 0.6 is 0 Å². The molecule has 0 fully saturated rings. The van der Waals surface area contributed by atoms with Crippen LogP contribution in [0.25, 0.3) is 5.57 Å². The van der Waals surface area contributed by atoms with E-state index in [1.165, 1.54) is 0 Å². The zero-order chi connectivity index (χ0) is 16.0. The van der Waals surface area contributed by atoms with Gasteiger partial charge in [-0.2, -0.15) is 0 Å². The SMILES string of the molecule is C=C(C)NCOC(=O)NC(C)(C)c1cccc(C(=C)C)c1. The van der Waals surface area contributed by atoms with E-state index in [0.29, 0.717) is 0 Å². The summed E-state index contributed by atoms with van der Waals surface area (Å²) >= 11 is 0. The fourth-order valence-electron chi connectivity index (χ4n) is 1.76. The van der Waals surface area contributed by atoms with E-state index in [9.17, 15) is 4.79 Å². The average Bonchev–Trinajstić information content (AvgIpc) is 2.37. The molecule has 0 bridgehead atoms. The predicted octanol–water partition coefficient (Wildman–Crippen LogP) is 3.76. The Morgan fingerprint density at radius 1 is 1.29 bits per heavy atom. The van der Waals surface area contributed by atoms with Crippen molar-refractivity contribution in [1.82, 2.24) is 10.6 Å². The third-order valence-electron chi connectivity index (χ3n) is 3.07. The standard InChI is InChI=1S/C17H24N2O2/c1-12(2)14-8-7-9-15(10-14)17(5,6)19-16(20)21-11-18-13(3)4/h7-10,18H,1,3,11H2,2,4-6H3,(H,19,20). The van der Waals surface area contributed by atoms with Crippen molar-refractivity contribution < 1.29 is 9.53 Å². The Balaban J connectivity index is 2.72. The van der Waals surface area contributed by atoms with Crippen molar-refractivity contribution in [3.8, 4) is 0 Å². The lowest BCUT2D eigenvalue weighted by Gasteiger charge is -2.27. The number of alkyl carbamates (subject to hydrolysis) is 1. The summed E-state index contributed by atoms with van der Waals surface area (Å²) in [6.45, 7) is 15.3. The molecule has 0 saturated carbocycles. The maximum atomic E-state index is 11.8. The first-order valence-electron chi connectivity index (χ1n) is 6.83. The van der Waals surface area contributed by atoms with Crippen molar-refractivity contribution in [3.63, 3.8) is 0 Å². The van der Waals surface area contributed by atoms with Gasteiger partial charge in [-0.05, 0) is 44.9 Å². The summed E-state index contributed by atoms with van der Waals surface area (Å²) in [7, 11) is 0. The summed E-state index contributed by atoms with van der Waals surface area (Å²) in [5.74, 6) is 0. The first kappa shape index (κ1) is 16.8. The highest BCUT2D eigenvalue weighted by atomic mass is 16.6. The Morgan fingerprint density at radius 2 is 1.95 bits per heavy atom. The zero-order valence-electron chi connectivity index (χ0n) is 13.2. The lowest BCUT2D eigenvalue weighted by Crippen LogP contribution is -2.42. The molecule has 0 saturated heterocycles. The summed E-state index contributed by atoms with van der Waals surface area (Å²) < 4.78 is 5.05. The molecule has 0 aliphatic carbocycles. The second-order valence-electron chi connectivity index (χ2n) is 5.64. The van der Waals surface area contributed by atoms with Crippen LogP contribution in [0.1, 0.15) is 38.8 Å². The van der Waals surface area contributed by atoms with E-state index < -0.39 is 11.6 Å². The molecule has 0 aliphatic rings. The van der Waals surface area contributed by atoms with E-state index in [1.807, 2.05) is 45.0 Å². The fraction of sp³-hybridized carbons (Fsp3) is 0.353. The normalized spacial score (nSPS) is 10.7. The fourth-order valence-corrected chi connectivity index (χ4v) is 1.76. The van der Waals surface area contributed by atoms with Gasteiger partial charge in [-0.15, -0.1) is 0 Å². The lowest BCUT2D eigenvalue weighted by molar-refractivity contribution is 0.130. The summed E-state index contributed by atoms with van der Waals surface area (Å²) in [6.07, 6.45) is -0.477. The van der Waals surface area contributed by atoms with Crippen molar-refractivity contribution in [2.24, 2.45) is 0 Å². The third kappa shape index (κ3) is 5.34. The Kier molecular flexibility index (Phi) is 5.59. The van der Waals surface area contributed by atoms with Crippen molar-refractivity contribution in [2.45, 2.75) is 33.2 Å². The van der Waals surface area contributed by atoms with Crippen molar-refractivity contribution in [3.05, 3.63) is 54.2 Å². The molecule has 1 aromatic carbocycles. The smallest absolute Gasteiger partial charge is 0.409 e. The molecule has 4 heteroatoms. The number of amides is 1. The minimum atomic E-state index is -0.536. The van der Waals surface area contributed by atoms with Crippen LogP contribution in [0.2, 0.25) is 0 Å². The van der Waals surface area contributed by atoms with E-state index in [2.05, 4.69) is 23.8 Å². The van der Waals surface area contributed by atoms with Gasteiger partial charge in [-0.3, -0.25) is 0 Å². The van der Waals surface area contributed by atoms with Crippen LogP contribution < -0.4 is 10.6 Å². The van der Waals surface area contributed by atoms with Gasteiger partial charge in [0.1, 0.15) is 0 Å². The van der Waals surface area contributed by atoms with Crippen molar-refractivity contribution in [1.29, 1.82) is 0 Å². The van der Waals surface area contributed by atoms with Crippen LogP contribution in [0.5, 0.6) is 0 Å². The van der Waals surface area contributed by atoms with Gasteiger partial charge in [0.05, 0.1) is 5.54 Å². The highest BCUT2D eigenvalue weighted by Crippen LogP contribution is 2.23. The number of rotatable bonds is 6. The quantitative estimate of drug-likeness (QED) is 0.784. The molecule has 1 aromatic rings. The van der Waals surface area contributed by atoms with Gasteiger partial charge in [-0.25, -0.2) is 4.79 Å². The number of hydrogen-bond acceptors (Lipinski definition) is 3. The van der Waals surface area contributed by atoms with Crippen LogP contribution in [0, 0.1) is 0 Å². The summed E-state index contributed by atoms with van der Waals surface area (Å²) in [6, 6.07) is 7.95. The number of nitrogens with one attached hydrogen (secondary N) is 2. The molecule has 1 rings (SSSR count). The highest BCUT2D eigenvalue weighted by molar-refractivity contribution is 5.69. The number of ether oxygens (including phenoxy) is 1. The molecule has 0 heterocycles. The van der Waals surface area contributed by atoms with Crippen LogP contribution in [0.15, 0.2) is 43.1 Å². The van der Waals surface area contributed by atoms with Crippen LogP contribution in [0.4, 0.5) is 4.79 Å². The van der Waals surface area contributed by atoms with Crippen LogP contribution in [0.3, 0.4) is 0 Å². The molecule has 21 heavy (non-hydrogen) atoms. The number of allylic oxidation sites excluding steroid dienone is 2. The molecular weight excluding hydrogens is 264 g/mol. The molecule has 0 aromatic heterocycles. The summed E-state index contributed by atoms with van der Waals surface area (Å²) in [5.41, 5.74) is 3.25. The van der Waals surface area contributed by atoms with E-state index >= 15 is 0 Å². The first-order chi connectivity index (χ1) is 9.72. The van der Waals surface area contributed by atoms with E-state index in [4.69, 9.17) is 4.74 Å². The number of carbonyl (C=O) groups excluding carboxylic acids is 1. The maximum absolute atomic E-state index is 11.8. The van der Waals surface area contributed by atoms with Gasteiger partial charge in [-0.1, -0.05) is 36.9 Å². The van der Waals surface area contributed by atoms with Gasteiger partial charge < -0.3 is 15.4 Å². The van der Waals surface area contributed by atoms with E-state index in [-0.39, 0.29) is 6.73 Å². The second-order valence-corrected chi connectivity index (χ2v) is 5.64. The number of benzene rings is 1. The van der Waals surface area contributed by atoms with Crippen LogP contribution in [-0.2, 0) is 10.3 Å². The third-order valence-corrected chi connectivity index (χ3v) is 3.07. The molecule has 1 amide bonds. The molecule has 2 N–H and O–H groups in total.